The Kier molecular flexibility index (Phi) is 6.07. The molecule has 6 heteroatoms. The van der Waals surface area contributed by atoms with Crippen molar-refractivity contribution in [2.24, 2.45) is 0 Å². The van der Waals surface area contributed by atoms with Gasteiger partial charge < -0.3 is 14.7 Å². The standard InChI is InChI=1S/C18H11BO3.2Li/c20-19(21)22-18-7-3-6-15-16(18)9-8-14-10-12-4-1-2-5-13(12)11-17(14)15;;/h1-11H;;/q-2;2*+1. The Labute approximate surface area is 164 Å². The van der Waals surface area contributed by atoms with Crippen LogP contribution in [0.2, 0.25) is 0 Å². The van der Waals surface area contributed by atoms with E-state index in [4.69, 9.17) is 4.65 Å². The van der Waals surface area contributed by atoms with Crippen molar-refractivity contribution >= 4 is 39.6 Å². The van der Waals surface area contributed by atoms with E-state index in [9.17, 15) is 10.0 Å². The van der Waals surface area contributed by atoms with Crippen LogP contribution in [0.25, 0.3) is 32.3 Å². The van der Waals surface area contributed by atoms with Gasteiger partial charge in [0.05, 0.1) is 0 Å². The summed E-state index contributed by atoms with van der Waals surface area (Å²) in [7, 11) is -2.32. The van der Waals surface area contributed by atoms with Gasteiger partial charge in [0, 0.05) is 5.39 Å². The van der Waals surface area contributed by atoms with Crippen LogP contribution in [0.3, 0.4) is 0 Å². The smallest absolute Gasteiger partial charge is 0.860 e. The van der Waals surface area contributed by atoms with Crippen LogP contribution in [-0.4, -0.2) is 7.32 Å². The van der Waals surface area contributed by atoms with Gasteiger partial charge in [-0.05, 0) is 45.1 Å². The van der Waals surface area contributed by atoms with Gasteiger partial charge in [-0.25, -0.2) is 0 Å². The number of hydrogen-bond donors (Lipinski definition) is 0. The van der Waals surface area contributed by atoms with Gasteiger partial charge >= 0.3 is 37.7 Å². The van der Waals surface area contributed by atoms with Gasteiger partial charge in [0.2, 0.25) is 0 Å². The molecule has 0 saturated carbocycles. The summed E-state index contributed by atoms with van der Waals surface area (Å²) >= 11 is 0. The zero-order valence-electron chi connectivity index (χ0n) is 13.7. The first-order valence-electron chi connectivity index (χ1n) is 7.05. The summed E-state index contributed by atoms with van der Waals surface area (Å²) in [5.41, 5.74) is 0. The van der Waals surface area contributed by atoms with E-state index in [1.165, 1.54) is 5.39 Å². The third-order valence-electron chi connectivity index (χ3n) is 3.93. The molecule has 4 aromatic carbocycles. The van der Waals surface area contributed by atoms with Crippen LogP contribution < -0.4 is 52.4 Å². The molecule has 0 radical (unpaired) electrons. The van der Waals surface area contributed by atoms with E-state index in [0.29, 0.717) is 5.75 Å². The minimum atomic E-state index is -2.32. The molecule has 3 nitrogen and oxygen atoms in total. The van der Waals surface area contributed by atoms with Gasteiger partial charge in [-0.15, -0.1) is 0 Å². The zero-order chi connectivity index (χ0) is 15.1. The van der Waals surface area contributed by atoms with Gasteiger partial charge in [0.15, 0.2) is 0 Å². The number of benzene rings is 4. The first-order valence-corrected chi connectivity index (χ1v) is 7.05. The summed E-state index contributed by atoms with van der Waals surface area (Å²) in [5.74, 6) is 0.336. The Morgan fingerprint density at radius 1 is 0.625 bits per heavy atom. The second kappa shape index (κ2) is 7.68. The normalized spacial score (nSPS) is 10.2. The Hall–Kier alpha value is -1.36. The van der Waals surface area contributed by atoms with Gasteiger partial charge in [0.1, 0.15) is 13.1 Å². The van der Waals surface area contributed by atoms with Crippen molar-refractivity contribution in [3.05, 3.63) is 66.7 Å². The Balaban J connectivity index is 0.00000104. The molecule has 0 atom stereocenters. The molecule has 0 aliphatic carbocycles. The molecule has 0 aliphatic heterocycles. The van der Waals surface area contributed by atoms with Crippen molar-refractivity contribution in [2.75, 3.05) is 0 Å². The number of fused-ring (bicyclic) bond motifs is 4. The van der Waals surface area contributed by atoms with Gasteiger partial charge in [0.25, 0.3) is 0 Å². The van der Waals surface area contributed by atoms with E-state index in [-0.39, 0.29) is 37.7 Å². The first kappa shape index (κ1) is 19.0. The topological polar surface area (TPSA) is 55.3 Å². The molecule has 4 rings (SSSR count). The quantitative estimate of drug-likeness (QED) is 0.217. The molecule has 0 fully saturated rings. The predicted octanol–water partition coefficient (Wildman–Crippen LogP) is -3.76. The molecule has 0 amide bonds. The second-order valence-electron chi connectivity index (χ2n) is 5.24. The van der Waals surface area contributed by atoms with E-state index >= 15 is 0 Å². The summed E-state index contributed by atoms with van der Waals surface area (Å²) in [5, 5.41) is 27.9. The molecule has 0 aromatic heterocycles. The summed E-state index contributed by atoms with van der Waals surface area (Å²) < 4.78 is 4.85. The van der Waals surface area contributed by atoms with E-state index in [1.54, 1.807) is 12.1 Å². The monoisotopic (exact) mass is 300 g/mol. The molecule has 4 aromatic rings. The Morgan fingerprint density at radius 2 is 1.33 bits per heavy atom. The minimum Gasteiger partial charge on any atom is -0.860 e. The predicted molar refractivity (Wildman–Crippen MR) is 85.3 cm³/mol. The van der Waals surface area contributed by atoms with Crippen LogP contribution in [0, 0.1) is 0 Å². The molecule has 24 heavy (non-hydrogen) atoms. The van der Waals surface area contributed by atoms with E-state index < -0.39 is 7.32 Å². The summed E-state index contributed by atoms with van der Waals surface area (Å²) in [6, 6.07) is 21.8. The second-order valence-corrected chi connectivity index (χ2v) is 5.24. The average Bonchev–Trinajstić information content (AvgIpc) is 2.52. The van der Waals surface area contributed by atoms with E-state index in [2.05, 4.69) is 24.3 Å². The molecule has 0 unspecified atom stereocenters. The van der Waals surface area contributed by atoms with Crippen LogP contribution in [-0.2, 0) is 0 Å². The van der Waals surface area contributed by atoms with Crippen molar-refractivity contribution in [3.63, 3.8) is 0 Å². The third kappa shape index (κ3) is 3.37. The van der Waals surface area contributed by atoms with Crippen LogP contribution in [0.15, 0.2) is 66.7 Å². The van der Waals surface area contributed by atoms with Crippen LogP contribution >= 0.6 is 0 Å². The van der Waals surface area contributed by atoms with Gasteiger partial charge in [-0.2, -0.15) is 0 Å². The Morgan fingerprint density at radius 3 is 2.04 bits per heavy atom. The molecule has 0 bridgehead atoms. The van der Waals surface area contributed by atoms with Crippen molar-refractivity contribution in [2.45, 2.75) is 0 Å². The fourth-order valence-corrected chi connectivity index (χ4v) is 2.96. The first-order chi connectivity index (χ1) is 10.7. The maximum absolute atomic E-state index is 10.8. The molecule has 0 N–H and O–H groups in total. The molecule has 0 saturated heterocycles. The van der Waals surface area contributed by atoms with Gasteiger partial charge in [-0.1, -0.05) is 48.5 Å². The van der Waals surface area contributed by atoms with E-state index in [0.717, 1.165) is 26.9 Å². The Bertz CT molecular complexity index is 1010. The number of hydrogen-bond acceptors (Lipinski definition) is 3. The third-order valence-corrected chi connectivity index (χ3v) is 3.93. The van der Waals surface area contributed by atoms with Crippen molar-refractivity contribution in [1.82, 2.24) is 0 Å². The molecule has 106 valence electrons. The van der Waals surface area contributed by atoms with Crippen LogP contribution in [0.5, 0.6) is 5.75 Å². The fraction of sp³-hybridized carbons (Fsp3) is 0. The summed E-state index contributed by atoms with van der Waals surface area (Å²) in [6.45, 7) is 0. The summed E-state index contributed by atoms with van der Waals surface area (Å²) in [6.07, 6.45) is 0. The molecular weight excluding hydrogens is 289 g/mol. The van der Waals surface area contributed by atoms with Crippen LogP contribution in [0.1, 0.15) is 0 Å². The molecular formula is C18H11BLi2O3. The fourth-order valence-electron chi connectivity index (χ4n) is 2.96. The molecule has 0 heterocycles. The van der Waals surface area contributed by atoms with Crippen molar-refractivity contribution in [3.8, 4) is 5.75 Å². The largest absolute Gasteiger partial charge is 1.00 e. The van der Waals surface area contributed by atoms with Gasteiger partial charge in [-0.3, -0.25) is 0 Å². The molecule has 0 spiro atoms. The molecule has 0 aliphatic rings. The summed E-state index contributed by atoms with van der Waals surface area (Å²) in [4.78, 5) is 0. The number of rotatable bonds is 2. The average molecular weight is 300 g/mol. The maximum Gasteiger partial charge on any atom is 1.00 e. The van der Waals surface area contributed by atoms with Crippen LogP contribution in [0.4, 0.5) is 0 Å². The zero-order valence-corrected chi connectivity index (χ0v) is 13.7. The minimum absolute atomic E-state index is 0. The SMILES string of the molecule is [Li+].[Li+].[O-]B([O-])Oc1cccc2c1ccc1cc3ccccc3cc12. The van der Waals surface area contributed by atoms with E-state index in [1.807, 2.05) is 30.3 Å². The van der Waals surface area contributed by atoms with Crippen molar-refractivity contribution < 1.29 is 52.4 Å². The van der Waals surface area contributed by atoms with Crippen molar-refractivity contribution in [1.29, 1.82) is 0 Å². The maximum atomic E-state index is 10.8.